The summed E-state index contributed by atoms with van der Waals surface area (Å²) in [6.07, 6.45) is 1.79. The number of hydrogen-bond acceptors (Lipinski definition) is 17. The van der Waals surface area contributed by atoms with Crippen LogP contribution in [0.2, 0.25) is 0 Å². The molecule has 4 aromatic rings. The summed E-state index contributed by atoms with van der Waals surface area (Å²) >= 11 is 10.1. The predicted molar refractivity (Wildman–Crippen MR) is 167 cm³/mol. The molecule has 20 nitrogen and oxygen atoms in total. The second kappa shape index (κ2) is 12.7. The van der Waals surface area contributed by atoms with Gasteiger partial charge >= 0.3 is 13.4 Å². The molecule has 2 aliphatic heterocycles. The summed E-state index contributed by atoms with van der Waals surface area (Å²) in [5.74, 6) is 2.45. The first-order valence-electron chi connectivity index (χ1n) is 13.4. The number of hydrogen-bond donors (Lipinski definition) is 5. The number of alkyl halides is 1. The lowest BCUT2D eigenvalue weighted by Crippen LogP contribution is -2.34. The Labute approximate surface area is 273 Å². The highest BCUT2D eigenvalue weighted by Gasteiger charge is 2.51. The maximum Gasteiger partial charge on any atom is 0.325 e. The fraction of sp³-hybridized carbons (Fsp3) is 0.500. The van der Waals surface area contributed by atoms with Crippen LogP contribution in [0.1, 0.15) is 25.3 Å². The van der Waals surface area contributed by atoms with Crippen LogP contribution in [-0.4, -0.2) is 98.6 Å². The van der Waals surface area contributed by atoms with Crippen molar-refractivity contribution in [2.45, 2.75) is 49.3 Å². The standard InChI is InChI=1S/C22H26FN11O9P2S2/c1-3-22(5-4-11(42-22)33-9-28-13-16(24)26-8-27-17(13)33)7-40-45(37,47)43-15-12(23)10(6-39-44(36,46)38-2)41-20(15)34-18-14(31-32-34)19(35)30-21(25)29-18/h1,8-12,15,20H,4-7H2,2H3,(H,36,46)(H,37,47)(H2,24,26,27)(H3,25,29,30,35)/t10-,11-,12+,15-,20-,22+,44?,45?/m1/s1. The average molecular weight is 734 g/mol. The first kappa shape index (κ1) is 33.8. The number of imidazole rings is 1. The molecular weight excluding hydrogens is 707 g/mol. The van der Waals surface area contributed by atoms with Crippen LogP contribution in [0.3, 0.4) is 0 Å². The maximum absolute atomic E-state index is 16.0. The fourth-order valence-electron chi connectivity index (χ4n) is 5.02. The van der Waals surface area contributed by atoms with E-state index < -0.39 is 68.6 Å². The van der Waals surface area contributed by atoms with Crippen molar-refractivity contribution in [1.29, 1.82) is 0 Å². The molecule has 2 aliphatic rings. The molecule has 0 spiro atoms. The fourth-order valence-corrected chi connectivity index (χ4v) is 7.06. The Morgan fingerprint density at radius 2 is 2.02 bits per heavy atom. The molecular formula is C22H26FN11O9P2S2. The van der Waals surface area contributed by atoms with Crippen molar-refractivity contribution in [3.8, 4) is 12.3 Å². The van der Waals surface area contributed by atoms with E-state index in [-0.39, 0.29) is 29.4 Å². The van der Waals surface area contributed by atoms with Crippen LogP contribution >= 0.6 is 13.4 Å². The molecule has 0 aromatic carbocycles. The van der Waals surface area contributed by atoms with Gasteiger partial charge in [-0.15, -0.1) is 11.5 Å². The van der Waals surface area contributed by atoms with Crippen molar-refractivity contribution in [3.63, 3.8) is 0 Å². The zero-order chi connectivity index (χ0) is 33.7. The van der Waals surface area contributed by atoms with Gasteiger partial charge in [0.25, 0.3) is 5.56 Å². The summed E-state index contributed by atoms with van der Waals surface area (Å²) in [5, 5.41) is 7.62. The van der Waals surface area contributed by atoms with E-state index in [1.807, 2.05) is 0 Å². The molecule has 0 bridgehead atoms. The third-order valence-electron chi connectivity index (χ3n) is 7.32. The number of aromatic nitrogens is 9. The number of aromatic amines is 1. The number of anilines is 2. The number of fused-ring (bicyclic) bond motifs is 2. The van der Waals surface area contributed by atoms with E-state index in [0.717, 1.165) is 11.8 Å². The van der Waals surface area contributed by atoms with E-state index in [2.05, 4.69) is 41.2 Å². The van der Waals surface area contributed by atoms with E-state index >= 15 is 4.39 Å². The van der Waals surface area contributed by atoms with Gasteiger partial charge in [-0.25, -0.2) is 19.3 Å². The molecule has 47 heavy (non-hydrogen) atoms. The van der Waals surface area contributed by atoms with E-state index in [1.54, 1.807) is 4.57 Å². The number of nitrogen functional groups attached to an aromatic ring is 2. The largest absolute Gasteiger partial charge is 0.382 e. The van der Waals surface area contributed by atoms with Crippen molar-refractivity contribution < 1.29 is 41.7 Å². The zero-order valence-electron chi connectivity index (χ0n) is 24.0. The van der Waals surface area contributed by atoms with Crippen molar-refractivity contribution in [3.05, 3.63) is 23.0 Å². The third kappa shape index (κ3) is 6.65. The molecule has 2 fully saturated rings. The lowest BCUT2D eigenvalue weighted by Gasteiger charge is -2.28. The summed E-state index contributed by atoms with van der Waals surface area (Å²) in [5.41, 5.74) is 9.84. The molecule has 4 aromatic heterocycles. The molecule has 7 N–H and O–H groups in total. The van der Waals surface area contributed by atoms with Crippen molar-refractivity contribution >= 4 is 71.1 Å². The lowest BCUT2D eigenvalue weighted by molar-refractivity contribution is -0.0667. The summed E-state index contributed by atoms with van der Waals surface area (Å²) in [6, 6.07) is 0. The molecule has 0 amide bonds. The maximum atomic E-state index is 16.0. The van der Waals surface area contributed by atoms with E-state index in [4.69, 9.17) is 69.1 Å². The second-order valence-electron chi connectivity index (χ2n) is 10.3. The van der Waals surface area contributed by atoms with Crippen LogP contribution < -0.4 is 17.0 Å². The monoisotopic (exact) mass is 733 g/mol. The molecule has 2 unspecified atom stereocenters. The molecule has 2 saturated heterocycles. The molecule has 6 rings (SSSR count). The zero-order valence-corrected chi connectivity index (χ0v) is 27.4. The van der Waals surface area contributed by atoms with Gasteiger partial charge in [-0.3, -0.25) is 18.9 Å². The van der Waals surface area contributed by atoms with Crippen LogP contribution in [0.5, 0.6) is 0 Å². The van der Waals surface area contributed by atoms with Crippen LogP contribution in [0, 0.1) is 12.3 Å². The SMILES string of the molecule is C#C[C@@]1(COP(O)(=S)O[C@@H]2[C@@H](F)[C@@H](COP(O)(=S)OC)O[C@H]2n2nnc3c(=O)[nH]c(N)nc32)CC[C@H](n2cnc3c(N)ncnc32)O1. The number of rotatable bonds is 11. The summed E-state index contributed by atoms with van der Waals surface area (Å²) in [4.78, 5) is 52.1. The molecule has 0 radical (unpaired) electrons. The molecule has 0 aliphatic carbocycles. The Bertz CT molecular complexity index is 2030. The Kier molecular flexibility index (Phi) is 9.16. The lowest BCUT2D eigenvalue weighted by atomic mass is 10.0. The van der Waals surface area contributed by atoms with Crippen molar-refractivity contribution in [2.75, 3.05) is 31.8 Å². The number of terminal acetylenes is 1. The first-order chi connectivity index (χ1) is 22.3. The highest BCUT2D eigenvalue weighted by atomic mass is 32.5. The van der Waals surface area contributed by atoms with Gasteiger partial charge in [-0.2, -0.15) is 9.67 Å². The van der Waals surface area contributed by atoms with Crippen molar-refractivity contribution in [1.82, 2.24) is 44.5 Å². The Hall–Kier alpha value is -3.10. The summed E-state index contributed by atoms with van der Waals surface area (Å²) < 4.78 is 51.6. The predicted octanol–water partition coefficient (Wildman–Crippen LogP) is -0.0662. The average Bonchev–Trinajstić information content (AvgIpc) is 3.81. The number of nitrogens with two attached hydrogens (primary N) is 2. The Balaban J connectivity index is 1.22. The number of halogens is 1. The molecule has 6 heterocycles. The summed E-state index contributed by atoms with van der Waals surface area (Å²) in [6.45, 7) is -9.11. The number of nitrogens with one attached hydrogen (secondary N) is 1. The van der Waals surface area contributed by atoms with Crippen LogP contribution in [0.25, 0.3) is 22.3 Å². The van der Waals surface area contributed by atoms with Gasteiger partial charge in [0.15, 0.2) is 40.6 Å². The molecule has 25 heteroatoms. The summed E-state index contributed by atoms with van der Waals surface area (Å²) in [7, 11) is 1.12. The Morgan fingerprint density at radius 3 is 2.77 bits per heavy atom. The third-order valence-corrected chi connectivity index (χ3v) is 10.6. The highest BCUT2D eigenvalue weighted by molar-refractivity contribution is 8.07. The van der Waals surface area contributed by atoms with Crippen LogP contribution in [0.15, 0.2) is 17.4 Å². The number of H-pyrrole nitrogens is 1. The smallest absolute Gasteiger partial charge is 0.325 e. The van der Waals surface area contributed by atoms with E-state index in [1.165, 1.54) is 12.7 Å². The topological polar surface area (TPSA) is 268 Å². The molecule has 0 saturated carbocycles. The minimum absolute atomic E-state index is 0.189. The number of ether oxygens (including phenoxy) is 2. The highest BCUT2D eigenvalue weighted by Crippen LogP contribution is 2.52. The van der Waals surface area contributed by atoms with Crippen LogP contribution in [0.4, 0.5) is 16.2 Å². The first-order valence-corrected chi connectivity index (χ1v) is 18.6. The minimum Gasteiger partial charge on any atom is -0.382 e. The van der Waals surface area contributed by atoms with Gasteiger partial charge in [-0.05, 0) is 36.5 Å². The van der Waals surface area contributed by atoms with Crippen LogP contribution in [-0.2, 0) is 51.2 Å². The van der Waals surface area contributed by atoms with E-state index in [9.17, 15) is 14.6 Å². The molecule has 8 atom stereocenters. The Morgan fingerprint density at radius 1 is 1.23 bits per heavy atom. The van der Waals surface area contributed by atoms with Gasteiger partial charge in [0.1, 0.15) is 30.3 Å². The van der Waals surface area contributed by atoms with Crippen molar-refractivity contribution in [2.24, 2.45) is 0 Å². The van der Waals surface area contributed by atoms with Gasteiger partial charge in [-0.1, -0.05) is 11.1 Å². The number of nitrogens with zero attached hydrogens (tertiary/aromatic N) is 8. The van der Waals surface area contributed by atoms with Gasteiger partial charge in [0.05, 0.1) is 19.5 Å². The second-order valence-corrected chi connectivity index (χ2v) is 16.0. The van der Waals surface area contributed by atoms with Gasteiger partial charge < -0.3 is 44.3 Å². The van der Waals surface area contributed by atoms with Gasteiger partial charge in [0.2, 0.25) is 5.95 Å². The normalized spacial score (nSPS) is 28.8. The quantitative estimate of drug-likeness (QED) is 0.0997. The molecule has 252 valence electrons. The van der Waals surface area contributed by atoms with E-state index in [0.29, 0.717) is 17.6 Å². The minimum atomic E-state index is -4.34. The van der Waals surface area contributed by atoms with Gasteiger partial charge in [0, 0.05) is 7.11 Å².